The van der Waals surface area contributed by atoms with E-state index in [9.17, 15) is 18.0 Å². The summed E-state index contributed by atoms with van der Waals surface area (Å²) < 4.78 is 28.7. The van der Waals surface area contributed by atoms with Crippen molar-refractivity contribution in [2.75, 3.05) is 17.4 Å². The van der Waals surface area contributed by atoms with Crippen LogP contribution in [0.25, 0.3) is 0 Å². The summed E-state index contributed by atoms with van der Waals surface area (Å²) in [5.74, 6) is -0.837. The number of carbonyl (C=O) groups excluding carboxylic acids is 2. The predicted molar refractivity (Wildman–Crippen MR) is 161 cm³/mol. The van der Waals surface area contributed by atoms with Crippen molar-refractivity contribution < 1.29 is 18.0 Å². The summed E-state index contributed by atoms with van der Waals surface area (Å²) in [6, 6.07) is 21.0. The quantitative estimate of drug-likeness (QED) is 0.293. The van der Waals surface area contributed by atoms with Crippen LogP contribution in [0, 0.1) is 0 Å². The summed E-state index contributed by atoms with van der Waals surface area (Å²) in [7, 11) is -4.21. The lowest BCUT2D eigenvalue weighted by Crippen LogP contribution is -2.56. The Morgan fingerprint density at radius 2 is 1.52 bits per heavy atom. The number of nitrogens with one attached hydrogen (secondary N) is 1. The highest BCUT2D eigenvalue weighted by atomic mass is 35.5. The first-order valence-corrected chi connectivity index (χ1v) is 15.2. The Labute approximate surface area is 247 Å². The van der Waals surface area contributed by atoms with Crippen molar-refractivity contribution in [3.8, 4) is 0 Å². The molecule has 0 saturated carbocycles. The lowest BCUT2D eigenvalue weighted by molar-refractivity contribution is -0.140. The Balaban J connectivity index is 2.04. The lowest BCUT2D eigenvalue weighted by Gasteiger charge is -2.35. The minimum absolute atomic E-state index is 0.00201. The average Bonchev–Trinajstić information content (AvgIpc) is 2.90. The van der Waals surface area contributed by atoms with Gasteiger partial charge in [-0.3, -0.25) is 13.9 Å². The Morgan fingerprint density at radius 1 is 0.925 bits per heavy atom. The first-order chi connectivity index (χ1) is 18.8. The molecular weight excluding hydrogens is 569 g/mol. The van der Waals surface area contributed by atoms with Gasteiger partial charge in [-0.25, -0.2) is 8.42 Å². The van der Waals surface area contributed by atoms with Crippen molar-refractivity contribution in [1.29, 1.82) is 0 Å². The molecule has 0 aromatic heterocycles. The summed E-state index contributed by atoms with van der Waals surface area (Å²) in [6.07, 6.45) is 0.828. The van der Waals surface area contributed by atoms with E-state index in [2.05, 4.69) is 5.32 Å². The van der Waals surface area contributed by atoms with Gasteiger partial charge >= 0.3 is 0 Å². The number of hydrogen-bond acceptors (Lipinski definition) is 4. The van der Waals surface area contributed by atoms with Gasteiger partial charge in [0.1, 0.15) is 12.6 Å². The van der Waals surface area contributed by atoms with Crippen molar-refractivity contribution in [3.63, 3.8) is 0 Å². The van der Waals surface area contributed by atoms with Gasteiger partial charge in [0.05, 0.1) is 15.6 Å². The zero-order chi connectivity index (χ0) is 29.5. The molecule has 0 aliphatic carbocycles. The molecule has 40 heavy (non-hydrogen) atoms. The van der Waals surface area contributed by atoms with Crippen LogP contribution >= 0.6 is 23.2 Å². The third-order valence-corrected chi connectivity index (χ3v) is 8.47. The molecular formula is C30H35Cl2N3O4S. The molecule has 1 N–H and O–H groups in total. The van der Waals surface area contributed by atoms with E-state index >= 15 is 0 Å². The average molecular weight is 605 g/mol. The maximum absolute atomic E-state index is 14.0. The van der Waals surface area contributed by atoms with Crippen molar-refractivity contribution in [1.82, 2.24) is 10.2 Å². The fourth-order valence-electron chi connectivity index (χ4n) is 4.27. The third-order valence-electron chi connectivity index (χ3n) is 6.16. The van der Waals surface area contributed by atoms with Crippen molar-refractivity contribution in [2.24, 2.45) is 0 Å². The zero-order valence-electron chi connectivity index (χ0n) is 23.1. The van der Waals surface area contributed by atoms with Crippen LogP contribution in [0.1, 0.15) is 39.7 Å². The maximum atomic E-state index is 14.0. The normalized spacial score (nSPS) is 12.4. The zero-order valence-corrected chi connectivity index (χ0v) is 25.4. The minimum Gasteiger partial charge on any atom is -0.350 e. The highest BCUT2D eigenvalue weighted by molar-refractivity contribution is 7.92. The number of anilines is 1. The molecule has 0 radical (unpaired) electrons. The van der Waals surface area contributed by atoms with Crippen LogP contribution < -0.4 is 9.62 Å². The van der Waals surface area contributed by atoms with Gasteiger partial charge in [-0.15, -0.1) is 0 Å². The highest BCUT2D eigenvalue weighted by Crippen LogP contribution is 2.33. The number of amides is 2. The van der Waals surface area contributed by atoms with Crippen LogP contribution in [0.2, 0.25) is 10.0 Å². The monoisotopic (exact) mass is 603 g/mol. The van der Waals surface area contributed by atoms with Crippen LogP contribution in [-0.2, 0) is 26.0 Å². The van der Waals surface area contributed by atoms with Gasteiger partial charge in [-0.1, -0.05) is 78.7 Å². The molecule has 7 nitrogen and oxygen atoms in total. The third kappa shape index (κ3) is 8.22. The van der Waals surface area contributed by atoms with Crippen LogP contribution in [-0.4, -0.2) is 49.8 Å². The summed E-state index contributed by atoms with van der Waals surface area (Å²) >= 11 is 12.5. The molecule has 0 bridgehead atoms. The highest BCUT2D eigenvalue weighted by Gasteiger charge is 2.35. The molecule has 3 aromatic carbocycles. The van der Waals surface area contributed by atoms with E-state index < -0.39 is 34.1 Å². The number of rotatable bonds is 11. The van der Waals surface area contributed by atoms with E-state index in [0.29, 0.717) is 17.9 Å². The molecule has 3 rings (SSSR count). The summed E-state index contributed by atoms with van der Waals surface area (Å²) in [5, 5.41) is 3.36. The molecule has 0 spiro atoms. The number of halogens is 2. The second kappa shape index (κ2) is 13.5. The predicted octanol–water partition coefficient (Wildman–Crippen LogP) is 5.95. The van der Waals surface area contributed by atoms with Crippen molar-refractivity contribution in [3.05, 3.63) is 94.5 Å². The smallest absolute Gasteiger partial charge is 0.264 e. The minimum atomic E-state index is -4.21. The van der Waals surface area contributed by atoms with Crippen LogP contribution in [0.5, 0.6) is 0 Å². The standard InChI is InChI=1S/C30H35Cl2N3O4S/c1-5-26(29(37)33-30(2,3)4)34(19-18-22-12-8-6-9-13-22)28(36)21-35(27-17-16-23(31)20-25(27)32)40(38,39)24-14-10-7-11-15-24/h6-17,20,26H,5,18-19,21H2,1-4H3,(H,33,37)/t26-/m0/s1. The van der Waals surface area contributed by atoms with Gasteiger partial charge in [-0.2, -0.15) is 0 Å². The maximum Gasteiger partial charge on any atom is 0.264 e. The fraction of sp³-hybridized carbons (Fsp3) is 0.333. The first kappa shape index (κ1) is 31.5. The summed E-state index contributed by atoms with van der Waals surface area (Å²) in [5.41, 5.74) is 0.581. The van der Waals surface area contributed by atoms with E-state index in [0.717, 1.165) is 9.87 Å². The Bertz CT molecular complexity index is 1410. The molecule has 0 heterocycles. The first-order valence-electron chi connectivity index (χ1n) is 13.0. The molecule has 3 aromatic rings. The van der Waals surface area contributed by atoms with Gasteiger partial charge in [0.2, 0.25) is 11.8 Å². The second-order valence-electron chi connectivity index (χ2n) is 10.4. The molecule has 0 unspecified atom stereocenters. The van der Waals surface area contributed by atoms with E-state index in [1.165, 1.54) is 35.2 Å². The summed E-state index contributed by atoms with van der Waals surface area (Å²) in [6.45, 7) is 7.07. The molecule has 0 aliphatic heterocycles. The Hall–Kier alpha value is -3.07. The van der Waals surface area contributed by atoms with E-state index in [-0.39, 0.29) is 28.1 Å². The molecule has 2 amide bonds. The van der Waals surface area contributed by atoms with Crippen LogP contribution in [0.15, 0.2) is 83.8 Å². The van der Waals surface area contributed by atoms with Gasteiger partial charge in [0.25, 0.3) is 10.0 Å². The molecule has 214 valence electrons. The molecule has 1 atom stereocenters. The Kier molecular flexibility index (Phi) is 10.6. The number of benzene rings is 3. The molecule has 0 aliphatic rings. The lowest BCUT2D eigenvalue weighted by atomic mass is 10.1. The Morgan fingerprint density at radius 3 is 2.08 bits per heavy atom. The van der Waals surface area contributed by atoms with Crippen LogP contribution in [0.3, 0.4) is 0 Å². The summed E-state index contributed by atoms with van der Waals surface area (Å²) in [4.78, 5) is 28.9. The molecule has 0 saturated heterocycles. The van der Waals surface area contributed by atoms with E-state index in [4.69, 9.17) is 23.2 Å². The molecule has 10 heteroatoms. The van der Waals surface area contributed by atoms with Crippen molar-refractivity contribution in [2.45, 2.75) is 57.0 Å². The largest absolute Gasteiger partial charge is 0.350 e. The van der Waals surface area contributed by atoms with Crippen molar-refractivity contribution >= 4 is 50.7 Å². The van der Waals surface area contributed by atoms with Gasteiger partial charge < -0.3 is 10.2 Å². The van der Waals surface area contributed by atoms with Crippen LogP contribution in [0.4, 0.5) is 5.69 Å². The SMILES string of the molecule is CC[C@@H](C(=O)NC(C)(C)C)N(CCc1ccccc1)C(=O)CN(c1ccc(Cl)cc1Cl)S(=O)(=O)c1ccccc1. The number of sulfonamides is 1. The van der Waals surface area contributed by atoms with Gasteiger partial charge in [-0.05, 0) is 69.5 Å². The van der Waals surface area contributed by atoms with E-state index in [1.54, 1.807) is 18.2 Å². The van der Waals surface area contributed by atoms with Gasteiger partial charge in [0.15, 0.2) is 0 Å². The number of nitrogens with zero attached hydrogens (tertiary/aromatic N) is 2. The number of hydrogen-bond donors (Lipinski definition) is 1. The fourth-order valence-corrected chi connectivity index (χ4v) is 6.28. The second-order valence-corrected chi connectivity index (χ2v) is 13.1. The molecule has 0 fully saturated rings. The topological polar surface area (TPSA) is 86.8 Å². The van der Waals surface area contributed by atoms with E-state index in [1.807, 2.05) is 58.0 Å². The van der Waals surface area contributed by atoms with Gasteiger partial charge in [0, 0.05) is 17.1 Å². The number of carbonyl (C=O) groups is 2.